The van der Waals surface area contributed by atoms with Gasteiger partial charge < -0.3 is 16.0 Å². The number of rotatable bonds is 4. The van der Waals surface area contributed by atoms with Gasteiger partial charge in [0.05, 0.1) is 0 Å². The van der Waals surface area contributed by atoms with Crippen LogP contribution < -0.4 is 11.1 Å². The molecule has 0 aliphatic rings. The van der Waals surface area contributed by atoms with Crippen LogP contribution in [0, 0.1) is 0 Å². The van der Waals surface area contributed by atoms with Crippen LogP contribution in [0.3, 0.4) is 0 Å². The molecule has 1 aromatic rings. The summed E-state index contributed by atoms with van der Waals surface area (Å²) >= 11 is 4.77. The van der Waals surface area contributed by atoms with Crippen molar-refractivity contribution in [1.29, 1.82) is 0 Å². The number of nitrogens with two attached hydrogens (primary N) is 1. The zero-order valence-corrected chi connectivity index (χ0v) is 10.9. The first kappa shape index (κ1) is 13.4. The topological polar surface area (TPSA) is 58.4 Å². The summed E-state index contributed by atoms with van der Waals surface area (Å²) in [7, 11) is 3.51. The number of amides is 1. The maximum atomic E-state index is 11.4. The lowest BCUT2D eigenvalue weighted by molar-refractivity contribution is -0.128. The fraction of sp³-hybridized carbons (Fsp3) is 0.333. The van der Waals surface area contributed by atoms with E-state index < -0.39 is 0 Å². The van der Waals surface area contributed by atoms with Crippen molar-refractivity contribution in [3.05, 3.63) is 29.8 Å². The molecule has 1 rings (SSSR count). The van der Waals surface area contributed by atoms with E-state index in [1.54, 1.807) is 19.0 Å². The highest BCUT2D eigenvalue weighted by Crippen LogP contribution is 2.12. The van der Waals surface area contributed by atoms with Crippen LogP contribution in [-0.2, 0) is 11.2 Å². The first-order valence-electron chi connectivity index (χ1n) is 5.34. The van der Waals surface area contributed by atoms with Crippen molar-refractivity contribution in [1.82, 2.24) is 4.90 Å². The summed E-state index contributed by atoms with van der Waals surface area (Å²) in [6, 6.07) is 7.72. The van der Waals surface area contributed by atoms with Gasteiger partial charge in [-0.1, -0.05) is 12.1 Å². The van der Waals surface area contributed by atoms with Gasteiger partial charge in [0.2, 0.25) is 5.91 Å². The Balaban J connectivity index is 2.60. The number of aryl methyl sites for hydroxylation is 1. The number of thiocarbonyl (C=S) groups is 1. The second kappa shape index (κ2) is 6.20. The van der Waals surface area contributed by atoms with E-state index in [0.717, 1.165) is 11.3 Å². The molecule has 0 atom stereocenters. The molecule has 3 N–H and O–H groups in total. The van der Waals surface area contributed by atoms with Gasteiger partial charge >= 0.3 is 0 Å². The second-order valence-electron chi connectivity index (χ2n) is 3.98. The molecular formula is C12H17N3OS. The first-order chi connectivity index (χ1) is 7.99. The number of nitrogens with zero attached hydrogens (tertiary/aromatic N) is 1. The van der Waals surface area contributed by atoms with E-state index in [1.807, 2.05) is 24.3 Å². The standard InChI is InChI=1S/C12H17N3OS/c1-15(2)11(16)7-6-9-4-3-5-10(8-9)14-12(13)17/h3-5,8H,6-7H2,1-2H3,(H3,13,14,17). The summed E-state index contributed by atoms with van der Waals surface area (Å²) < 4.78 is 0. The van der Waals surface area contributed by atoms with Gasteiger partial charge in [-0.3, -0.25) is 4.79 Å². The normalized spacial score (nSPS) is 9.76. The maximum absolute atomic E-state index is 11.4. The lowest BCUT2D eigenvalue weighted by atomic mass is 10.1. The van der Waals surface area contributed by atoms with E-state index in [4.69, 9.17) is 18.0 Å². The number of hydrogen-bond donors (Lipinski definition) is 2. The SMILES string of the molecule is CN(C)C(=O)CCc1cccc(NC(N)=S)c1. The molecule has 0 aromatic heterocycles. The number of hydrogen-bond acceptors (Lipinski definition) is 2. The van der Waals surface area contributed by atoms with Crippen LogP contribution in [0.15, 0.2) is 24.3 Å². The van der Waals surface area contributed by atoms with Crippen LogP contribution in [0.2, 0.25) is 0 Å². The van der Waals surface area contributed by atoms with E-state index in [1.165, 1.54) is 0 Å². The third kappa shape index (κ3) is 4.82. The van der Waals surface area contributed by atoms with Gasteiger partial charge in [0.25, 0.3) is 0 Å². The average molecular weight is 251 g/mol. The van der Waals surface area contributed by atoms with Crippen molar-refractivity contribution < 1.29 is 4.79 Å². The van der Waals surface area contributed by atoms with Crippen molar-refractivity contribution in [3.63, 3.8) is 0 Å². The molecule has 0 saturated carbocycles. The summed E-state index contributed by atoms with van der Waals surface area (Å²) in [5, 5.41) is 3.11. The molecule has 0 heterocycles. The Hall–Kier alpha value is -1.62. The monoisotopic (exact) mass is 251 g/mol. The predicted octanol–water partition coefficient (Wildman–Crippen LogP) is 1.36. The minimum Gasteiger partial charge on any atom is -0.376 e. The third-order valence-electron chi connectivity index (χ3n) is 2.32. The Kier molecular flexibility index (Phi) is 4.90. The summed E-state index contributed by atoms with van der Waals surface area (Å²) in [6.45, 7) is 0. The van der Waals surface area contributed by atoms with Crippen molar-refractivity contribution >= 4 is 28.9 Å². The predicted molar refractivity (Wildman–Crippen MR) is 73.9 cm³/mol. The Morgan fingerprint density at radius 3 is 2.76 bits per heavy atom. The number of carbonyl (C=O) groups excluding carboxylic acids is 1. The van der Waals surface area contributed by atoms with Gasteiger partial charge in [-0.15, -0.1) is 0 Å². The van der Waals surface area contributed by atoms with E-state index in [-0.39, 0.29) is 11.0 Å². The summed E-state index contributed by atoms with van der Waals surface area (Å²) in [5.41, 5.74) is 7.33. The molecule has 0 spiro atoms. The fourth-order valence-electron chi connectivity index (χ4n) is 1.42. The first-order valence-corrected chi connectivity index (χ1v) is 5.75. The summed E-state index contributed by atoms with van der Waals surface area (Å²) in [5.74, 6) is 0.123. The average Bonchev–Trinajstić information content (AvgIpc) is 2.25. The molecule has 0 unspecified atom stereocenters. The van der Waals surface area contributed by atoms with Gasteiger partial charge in [0, 0.05) is 26.2 Å². The van der Waals surface area contributed by atoms with Crippen LogP contribution in [0.4, 0.5) is 5.69 Å². The van der Waals surface area contributed by atoms with Gasteiger partial charge in [0.1, 0.15) is 0 Å². The molecule has 92 valence electrons. The summed E-state index contributed by atoms with van der Waals surface area (Å²) in [6.07, 6.45) is 1.22. The van der Waals surface area contributed by atoms with Gasteiger partial charge in [0.15, 0.2) is 5.11 Å². The zero-order chi connectivity index (χ0) is 12.8. The van der Waals surface area contributed by atoms with E-state index in [2.05, 4.69) is 5.32 Å². The number of benzene rings is 1. The van der Waals surface area contributed by atoms with Crippen LogP contribution in [-0.4, -0.2) is 30.0 Å². The number of carbonyl (C=O) groups is 1. The Morgan fingerprint density at radius 2 is 2.18 bits per heavy atom. The Bertz CT molecular complexity index is 418. The Morgan fingerprint density at radius 1 is 1.47 bits per heavy atom. The molecule has 0 aliphatic carbocycles. The van der Waals surface area contributed by atoms with E-state index >= 15 is 0 Å². The number of nitrogens with one attached hydrogen (secondary N) is 1. The number of anilines is 1. The molecule has 0 bridgehead atoms. The van der Waals surface area contributed by atoms with Gasteiger partial charge in [-0.25, -0.2) is 0 Å². The molecule has 17 heavy (non-hydrogen) atoms. The smallest absolute Gasteiger partial charge is 0.222 e. The van der Waals surface area contributed by atoms with Crippen molar-refractivity contribution in [3.8, 4) is 0 Å². The highest BCUT2D eigenvalue weighted by atomic mass is 32.1. The highest BCUT2D eigenvalue weighted by molar-refractivity contribution is 7.80. The molecule has 0 radical (unpaired) electrons. The molecule has 0 saturated heterocycles. The molecule has 1 amide bonds. The molecular weight excluding hydrogens is 234 g/mol. The largest absolute Gasteiger partial charge is 0.376 e. The van der Waals surface area contributed by atoms with Crippen LogP contribution >= 0.6 is 12.2 Å². The fourth-order valence-corrected chi connectivity index (χ4v) is 1.54. The molecule has 1 aromatic carbocycles. The molecule has 0 fully saturated rings. The minimum absolute atomic E-state index is 0.123. The zero-order valence-electron chi connectivity index (χ0n) is 10.1. The van der Waals surface area contributed by atoms with E-state index in [0.29, 0.717) is 12.8 Å². The maximum Gasteiger partial charge on any atom is 0.222 e. The molecule has 5 heteroatoms. The van der Waals surface area contributed by atoms with E-state index in [9.17, 15) is 4.79 Å². The van der Waals surface area contributed by atoms with Crippen molar-refractivity contribution in [2.45, 2.75) is 12.8 Å². The molecule has 4 nitrogen and oxygen atoms in total. The Labute approximate surface area is 107 Å². The molecule has 0 aliphatic heterocycles. The van der Waals surface area contributed by atoms with Crippen LogP contribution in [0.25, 0.3) is 0 Å². The van der Waals surface area contributed by atoms with Crippen LogP contribution in [0.5, 0.6) is 0 Å². The quantitative estimate of drug-likeness (QED) is 0.793. The minimum atomic E-state index is 0.123. The summed E-state index contributed by atoms with van der Waals surface area (Å²) in [4.78, 5) is 13.0. The third-order valence-corrected chi connectivity index (χ3v) is 2.42. The lowest BCUT2D eigenvalue weighted by Gasteiger charge is -2.10. The van der Waals surface area contributed by atoms with Crippen molar-refractivity contribution in [2.75, 3.05) is 19.4 Å². The highest BCUT2D eigenvalue weighted by Gasteiger charge is 2.04. The van der Waals surface area contributed by atoms with Gasteiger partial charge in [-0.2, -0.15) is 0 Å². The second-order valence-corrected chi connectivity index (χ2v) is 4.42. The van der Waals surface area contributed by atoms with Crippen molar-refractivity contribution in [2.24, 2.45) is 5.73 Å². The van der Waals surface area contributed by atoms with Crippen LogP contribution in [0.1, 0.15) is 12.0 Å². The van der Waals surface area contributed by atoms with Gasteiger partial charge in [-0.05, 0) is 36.3 Å². The lowest BCUT2D eigenvalue weighted by Crippen LogP contribution is -2.22.